The van der Waals surface area contributed by atoms with Gasteiger partial charge < -0.3 is 4.43 Å². The number of hydrogen-bond acceptors (Lipinski definition) is 1. The lowest BCUT2D eigenvalue weighted by molar-refractivity contribution is 0.457. The molecule has 0 fully saturated rings. The molecule has 0 aromatic rings. The molecular weight excluding hydrogens is 164 g/mol. The lowest BCUT2D eigenvalue weighted by Crippen LogP contribution is -2.34. The third-order valence-electron chi connectivity index (χ3n) is 1.86. The SMILES string of the molecule is [CH2]O[Si](CC=C)(CC=C)CC=C. The molecule has 0 aliphatic carbocycles. The zero-order valence-corrected chi connectivity index (χ0v) is 8.59. The van der Waals surface area contributed by atoms with Gasteiger partial charge in [-0.1, -0.05) is 18.2 Å². The van der Waals surface area contributed by atoms with Crippen LogP contribution < -0.4 is 0 Å². The summed E-state index contributed by atoms with van der Waals surface area (Å²) < 4.78 is 5.33. The van der Waals surface area contributed by atoms with Gasteiger partial charge in [-0.25, -0.2) is 0 Å². The molecule has 2 heteroatoms. The topological polar surface area (TPSA) is 9.23 Å². The number of hydrogen-bond donors (Lipinski definition) is 0. The van der Waals surface area contributed by atoms with Crippen molar-refractivity contribution in [2.24, 2.45) is 0 Å². The van der Waals surface area contributed by atoms with Gasteiger partial charge in [-0.2, -0.15) is 0 Å². The third-order valence-corrected chi connectivity index (χ3v) is 5.57. The molecule has 0 aromatic carbocycles. The molecule has 0 unspecified atom stereocenters. The van der Waals surface area contributed by atoms with Gasteiger partial charge in [-0.05, 0) is 18.1 Å². The summed E-state index contributed by atoms with van der Waals surface area (Å²) in [7, 11) is 1.80. The Bertz CT molecular complexity index is 137. The highest BCUT2D eigenvalue weighted by Gasteiger charge is 2.29. The van der Waals surface area contributed by atoms with E-state index in [4.69, 9.17) is 4.43 Å². The second kappa shape index (κ2) is 5.97. The Morgan fingerprint density at radius 2 is 1.25 bits per heavy atom. The summed E-state index contributed by atoms with van der Waals surface area (Å²) in [5.74, 6) is 0. The van der Waals surface area contributed by atoms with Gasteiger partial charge in [-0.3, -0.25) is 0 Å². The van der Waals surface area contributed by atoms with Crippen LogP contribution >= 0.6 is 0 Å². The maximum absolute atomic E-state index is 5.33. The van der Waals surface area contributed by atoms with Crippen molar-refractivity contribution in [1.29, 1.82) is 0 Å². The zero-order chi connectivity index (χ0) is 9.45. The van der Waals surface area contributed by atoms with Crippen LogP contribution in [0.5, 0.6) is 0 Å². The van der Waals surface area contributed by atoms with Crippen LogP contribution in [-0.4, -0.2) is 8.32 Å². The Labute approximate surface area is 76.6 Å². The largest absolute Gasteiger partial charge is 0.414 e. The minimum atomic E-state index is -1.73. The zero-order valence-electron chi connectivity index (χ0n) is 7.59. The molecule has 12 heavy (non-hydrogen) atoms. The van der Waals surface area contributed by atoms with Crippen LogP contribution in [0.15, 0.2) is 38.0 Å². The van der Waals surface area contributed by atoms with Crippen LogP contribution in [0.1, 0.15) is 0 Å². The van der Waals surface area contributed by atoms with Crippen LogP contribution in [0, 0.1) is 7.11 Å². The first kappa shape index (κ1) is 11.4. The van der Waals surface area contributed by atoms with Crippen molar-refractivity contribution >= 4 is 8.32 Å². The maximum atomic E-state index is 5.33. The molecule has 0 aliphatic heterocycles. The molecule has 0 spiro atoms. The standard InChI is InChI=1S/C10H17OSi/c1-5-8-12(11-4,9-6-2)10-7-3/h5-7H,1-4,8-10H2. The minimum Gasteiger partial charge on any atom is -0.414 e. The van der Waals surface area contributed by atoms with Crippen LogP contribution in [-0.2, 0) is 4.43 Å². The number of allylic oxidation sites excluding steroid dienone is 3. The van der Waals surface area contributed by atoms with E-state index >= 15 is 0 Å². The van der Waals surface area contributed by atoms with E-state index in [9.17, 15) is 0 Å². The molecule has 0 amide bonds. The van der Waals surface area contributed by atoms with Crippen LogP contribution in [0.25, 0.3) is 0 Å². The van der Waals surface area contributed by atoms with E-state index in [1.54, 1.807) is 0 Å². The van der Waals surface area contributed by atoms with Crippen LogP contribution in [0.3, 0.4) is 0 Å². The summed E-state index contributed by atoms with van der Waals surface area (Å²) >= 11 is 0. The van der Waals surface area contributed by atoms with Gasteiger partial charge in [0.25, 0.3) is 0 Å². The van der Waals surface area contributed by atoms with E-state index in [0.717, 1.165) is 18.1 Å². The highest BCUT2D eigenvalue weighted by atomic mass is 28.4. The van der Waals surface area contributed by atoms with Gasteiger partial charge >= 0.3 is 0 Å². The summed E-state index contributed by atoms with van der Waals surface area (Å²) in [6, 6.07) is 2.73. The van der Waals surface area contributed by atoms with Gasteiger partial charge in [0.15, 0.2) is 0 Å². The van der Waals surface area contributed by atoms with Crippen molar-refractivity contribution in [3.63, 3.8) is 0 Å². The maximum Gasteiger partial charge on any atom is 0.203 e. The van der Waals surface area contributed by atoms with Crippen molar-refractivity contribution in [1.82, 2.24) is 0 Å². The van der Waals surface area contributed by atoms with E-state index < -0.39 is 8.32 Å². The van der Waals surface area contributed by atoms with Crippen molar-refractivity contribution in [2.45, 2.75) is 18.1 Å². The first-order valence-electron chi connectivity index (χ1n) is 4.00. The van der Waals surface area contributed by atoms with Gasteiger partial charge in [0.2, 0.25) is 8.32 Å². The fourth-order valence-electron chi connectivity index (χ4n) is 1.22. The van der Waals surface area contributed by atoms with Gasteiger partial charge in [0.05, 0.1) is 7.11 Å². The first-order chi connectivity index (χ1) is 5.74. The van der Waals surface area contributed by atoms with Crippen molar-refractivity contribution in [3.8, 4) is 0 Å². The monoisotopic (exact) mass is 181 g/mol. The molecule has 1 nitrogen and oxygen atoms in total. The second-order valence-corrected chi connectivity index (χ2v) is 6.69. The molecule has 1 radical (unpaired) electrons. The molecule has 0 heterocycles. The highest BCUT2D eigenvalue weighted by Crippen LogP contribution is 2.23. The molecule has 0 N–H and O–H groups in total. The molecule has 0 saturated heterocycles. The molecule has 0 bridgehead atoms. The summed E-state index contributed by atoms with van der Waals surface area (Å²) in [6.07, 6.45) is 5.68. The molecule has 67 valence electrons. The lowest BCUT2D eigenvalue weighted by Gasteiger charge is -2.25. The third kappa shape index (κ3) is 3.20. The predicted octanol–water partition coefficient (Wildman–Crippen LogP) is 3.30. The average Bonchev–Trinajstić information content (AvgIpc) is 2.06. The molecule has 0 saturated carbocycles. The number of rotatable bonds is 7. The van der Waals surface area contributed by atoms with Gasteiger partial charge in [-0.15, -0.1) is 19.7 Å². The Morgan fingerprint density at radius 3 is 1.42 bits per heavy atom. The smallest absolute Gasteiger partial charge is 0.203 e. The molecule has 0 aromatic heterocycles. The van der Waals surface area contributed by atoms with Gasteiger partial charge in [0.1, 0.15) is 0 Å². The van der Waals surface area contributed by atoms with E-state index in [1.807, 2.05) is 18.2 Å². The molecule has 0 atom stereocenters. The Kier molecular flexibility index (Phi) is 5.67. The second-order valence-electron chi connectivity index (χ2n) is 2.81. The Morgan fingerprint density at radius 1 is 0.917 bits per heavy atom. The first-order valence-corrected chi connectivity index (χ1v) is 6.53. The summed E-state index contributed by atoms with van der Waals surface area (Å²) in [5.41, 5.74) is 0. The lowest BCUT2D eigenvalue weighted by atomic mass is 10.7. The highest BCUT2D eigenvalue weighted by molar-refractivity contribution is 6.75. The van der Waals surface area contributed by atoms with E-state index in [1.165, 1.54) is 0 Å². The summed E-state index contributed by atoms with van der Waals surface area (Å²) in [5, 5.41) is 0. The normalized spacial score (nSPS) is 10.8. The summed E-state index contributed by atoms with van der Waals surface area (Å²) in [6.45, 7) is 11.1. The fourth-order valence-corrected chi connectivity index (χ4v) is 3.65. The van der Waals surface area contributed by atoms with E-state index in [2.05, 4.69) is 26.8 Å². The Hall–Kier alpha value is -0.603. The average molecular weight is 181 g/mol. The van der Waals surface area contributed by atoms with Crippen molar-refractivity contribution < 1.29 is 4.43 Å². The molecular formula is C10H17OSi. The van der Waals surface area contributed by atoms with Crippen molar-refractivity contribution in [2.75, 3.05) is 0 Å². The van der Waals surface area contributed by atoms with E-state index in [-0.39, 0.29) is 0 Å². The van der Waals surface area contributed by atoms with Crippen LogP contribution in [0.2, 0.25) is 18.1 Å². The van der Waals surface area contributed by atoms with Gasteiger partial charge in [0, 0.05) is 0 Å². The summed E-state index contributed by atoms with van der Waals surface area (Å²) in [4.78, 5) is 0. The molecule has 0 aliphatic rings. The van der Waals surface area contributed by atoms with Crippen LogP contribution in [0.4, 0.5) is 0 Å². The quantitative estimate of drug-likeness (QED) is 0.432. The van der Waals surface area contributed by atoms with Crippen molar-refractivity contribution in [3.05, 3.63) is 45.1 Å². The van der Waals surface area contributed by atoms with E-state index in [0.29, 0.717) is 0 Å². The molecule has 0 rings (SSSR count). The predicted molar refractivity (Wildman–Crippen MR) is 57.2 cm³/mol. The minimum absolute atomic E-state index is 0.911. The Balaban J connectivity index is 4.35. The fraction of sp³-hybridized carbons (Fsp3) is 0.300.